The molecule has 5 nitrogen and oxygen atoms in total. The van der Waals surface area contributed by atoms with Gasteiger partial charge in [0, 0.05) is 37.3 Å². The van der Waals surface area contributed by atoms with Gasteiger partial charge >= 0.3 is 0 Å². The second-order valence-electron chi connectivity index (χ2n) is 6.82. The minimum absolute atomic E-state index is 0.0100. The van der Waals surface area contributed by atoms with Crippen LogP contribution in [0, 0.1) is 5.82 Å². The first kappa shape index (κ1) is 16.8. The summed E-state index contributed by atoms with van der Waals surface area (Å²) in [6.45, 7) is -0.0193. The van der Waals surface area contributed by atoms with Gasteiger partial charge in [-0.15, -0.1) is 0 Å². The van der Waals surface area contributed by atoms with Crippen LogP contribution in [0.4, 0.5) is 4.39 Å². The smallest absolute Gasteiger partial charge is 0.261 e. The summed E-state index contributed by atoms with van der Waals surface area (Å²) in [5.74, 6) is 0.994. The van der Waals surface area contributed by atoms with Gasteiger partial charge < -0.3 is 14.4 Å². The molecule has 136 valence electrons. The number of piperidine rings is 1. The molecule has 1 aromatic heterocycles. The van der Waals surface area contributed by atoms with Crippen LogP contribution >= 0.6 is 0 Å². The Morgan fingerprint density at radius 2 is 1.69 bits per heavy atom. The van der Waals surface area contributed by atoms with E-state index in [1.165, 1.54) is 24.3 Å². The van der Waals surface area contributed by atoms with Gasteiger partial charge in [-0.1, -0.05) is 0 Å². The molecule has 1 aromatic carbocycles. The van der Waals surface area contributed by atoms with Crippen molar-refractivity contribution in [1.29, 1.82) is 0 Å². The number of ether oxygens (including phenoxy) is 2. The molecule has 0 aliphatic carbocycles. The summed E-state index contributed by atoms with van der Waals surface area (Å²) in [5, 5.41) is 0. The molecular weight excluding hydrogens is 335 g/mol. The molecule has 4 rings (SSSR count). The topological polar surface area (TPSA) is 51.7 Å². The van der Waals surface area contributed by atoms with Gasteiger partial charge in [0.05, 0.1) is 0 Å². The maximum absolute atomic E-state index is 12.9. The van der Waals surface area contributed by atoms with Gasteiger partial charge in [0.1, 0.15) is 23.4 Å². The highest BCUT2D eigenvalue weighted by Crippen LogP contribution is 2.37. The quantitative estimate of drug-likeness (QED) is 0.826. The van der Waals surface area contributed by atoms with Gasteiger partial charge in [0.2, 0.25) is 0 Å². The number of hydrogen-bond donors (Lipinski definition) is 0. The summed E-state index contributed by atoms with van der Waals surface area (Å²) in [5.41, 5.74) is 0. The lowest BCUT2D eigenvalue weighted by Crippen LogP contribution is -2.50. The minimum Gasteiger partial charge on any atom is -0.490 e. The Bertz CT molecular complexity index is 739. The number of aromatic nitrogens is 1. The number of benzene rings is 1. The lowest BCUT2D eigenvalue weighted by Gasteiger charge is -2.38. The molecule has 2 atom stereocenters. The average molecular weight is 356 g/mol. The summed E-state index contributed by atoms with van der Waals surface area (Å²) in [4.78, 5) is 18.6. The highest BCUT2D eigenvalue weighted by Gasteiger charge is 2.44. The fourth-order valence-electron chi connectivity index (χ4n) is 3.99. The van der Waals surface area contributed by atoms with Crippen LogP contribution in [-0.2, 0) is 4.79 Å². The SMILES string of the molecule is O=C(COc1ccc(F)cc1)N1C2CCC1CC(Oc1ccncc1)C2. The van der Waals surface area contributed by atoms with Crippen molar-refractivity contribution in [2.45, 2.75) is 43.9 Å². The fourth-order valence-corrected chi connectivity index (χ4v) is 3.99. The molecule has 2 fully saturated rings. The van der Waals surface area contributed by atoms with Gasteiger partial charge in [-0.3, -0.25) is 9.78 Å². The van der Waals surface area contributed by atoms with Crippen molar-refractivity contribution in [3.8, 4) is 11.5 Å². The Balaban J connectivity index is 1.34. The number of carbonyl (C=O) groups is 1. The van der Waals surface area contributed by atoms with E-state index in [9.17, 15) is 9.18 Å². The van der Waals surface area contributed by atoms with E-state index in [1.807, 2.05) is 17.0 Å². The van der Waals surface area contributed by atoms with Crippen LogP contribution < -0.4 is 9.47 Å². The highest BCUT2D eigenvalue weighted by molar-refractivity contribution is 5.79. The highest BCUT2D eigenvalue weighted by atomic mass is 19.1. The summed E-state index contributed by atoms with van der Waals surface area (Å²) in [6.07, 6.45) is 7.23. The Morgan fingerprint density at radius 3 is 2.35 bits per heavy atom. The third kappa shape index (κ3) is 3.64. The third-order valence-electron chi connectivity index (χ3n) is 5.11. The molecule has 1 amide bonds. The number of pyridine rings is 1. The van der Waals surface area contributed by atoms with Gasteiger partial charge in [-0.2, -0.15) is 0 Å². The van der Waals surface area contributed by atoms with Crippen molar-refractivity contribution in [2.75, 3.05) is 6.61 Å². The number of hydrogen-bond acceptors (Lipinski definition) is 4. The molecule has 0 spiro atoms. The molecule has 0 radical (unpaired) electrons. The third-order valence-corrected chi connectivity index (χ3v) is 5.11. The molecular formula is C20H21FN2O3. The van der Waals surface area contributed by atoms with E-state index in [0.29, 0.717) is 5.75 Å². The first-order valence-electron chi connectivity index (χ1n) is 8.95. The van der Waals surface area contributed by atoms with Gasteiger partial charge in [-0.05, 0) is 49.2 Å². The Morgan fingerprint density at radius 1 is 1.04 bits per heavy atom. The van der Waals surface area contributed by atoms with Crippen LogP contribution in [0.1, 0.15) is 25.7 Å². The first-order valence-corrected chi connectivity index (χ1v) is 8.95. The maximum atomic E-state index is 12.9. The van der Waals surface area contributed by atoms with E-state index >= 15 is 0 Å². The van der Waals surface area contributed by atoms with Crippen LogP contribution in [0.3, 0.4) is 0 Å². The lowest BCUT2D eigenvalue weighted by molar-refractivity contribution is -0.139. The zero-order valence-electron chi connectivity index (χ0n) is 14.4. The van der Waals surface area contributed by atoms with Crippen LogP contribution in [0.25, 0.3) is 0 Å². The normalized spacial score (nSPS) is 24.3. The summed E-state index contributed by atoms with van der Waals surface area (Å²) in [6, 6.07) is 9.83. The fraction of sp³-hybridized carbons (Fsp3) is 0.400. The minimum atomic E-state index is -0.321. The number of halogens is 1. The summed E-state index contributed by atoms with van der Waals surface area (Å²) >= 11 is 0. The number of rotatable bonds is 5. The average Bonchev–Trinajstić information content (AvgIpc) is 2.93. The Kier molecular flexibility index (Phi) is 4.73. The molecule has 2 aliphatic rings. The monoisotopic (exact) mass is 356 g/mol. The number of amides is 1. The van der Waals surface area contributed by atoms with Crippen LogP contribution in [0.5, 0.6) is 11.5 Å². The van der Waals surface area contributed by atoms with Crippen molar-refractivity contribution >= 4 is 5.91 Å². The lowest BCUT2D eigenvalue weighted by atomic mass is 9.99. The number of fused-ring (bicyclic) bond motifs is 2. The summed E-state index contributed by atoms with van der Waals surface area (Å²) < 4.78 is 24.5. The largest absolute Gasteiger partial charge is 0.490 e. The molecule has 2 bridgehead atoms. The van der Waals surface area contributed by atoms with Crippen LogP contribution in [0.15, 0.2) is 48.8 Å². The molecule has 0 saturated carbocycles. The van der Waals surface area contributed by atoms with Gasteiger partial charge in [0.25, 0.3) is 5.91 Å². The predicted molar refractivity (Wildman–Crippen MR) is 93.4 cm³/mol. The molecule has 2 saturated heterocycles. The maximum Gasteiger partial charge on any atom is 0.261 e. The molecule has 0 N–H and O–H groups in total. The zero-order chi connectivity index (χ0) is 17.9. The van der Waals surface area contributed by atoms with Crippen LogP contribution in [0.2, 0.25) is 0 Å². The molecule has 2 unspecified atom stereocenters. The van der Waals surface area contributed by atoms with Gasteiger partial charge in [-0.25, -0.2) is 4.39 Å². The Hall–Kier alpha value is -2.63. The molecule has 3 heterocycles. The van der Waals surface area contributed by atoms with Crippen molar-refractivity contribution in [1.82, 2.24) is 9.88 Å². The van der Waals surface area contributed by atoms with Crippen molar-refractivity contribution < 1.29 is 18.7 Å². The first-order chi connectivity index (χ1) is 12.7. The molecule has 6 heteroatoms. The zero-order valence-corrected chi connectivity index (χ0v) is 14.4. The predicted octanol–water partition coefficient (Wildman–Crippen LogP) is 3.20. The van der Waals surface area contributed by atoms with Crippen LogP contribution in [-0.4, -0.2) is 40.6 Å². The molecule has 2 aliphatic heterocycles. The summed E-state index contributed by atoms with van der Waals surface area (Å²) in [7, 11) is 0. The van der Waals surface area contributed by atoms with Gasteiger partial charge in [0.15, 0.2) is 6.61 Å². The van der Waals surface area contributed by atoms with E-state index in [4.69, 9.17) is 9.47 Å². The second-order valence-corrected chi connectivity index (χ2v) is 6.82. The number of nitrogens with zero attached hydrogens (tertiary/aromatic N) is 2. The molecule has 2 aromatic rings. The van der Waals surface area contributed by atoms with E-state index < -0.39 is 0 Å². The van der Waals surface area contributed by atoms with Crippen molar-refractivity contribution in [3.63, 3.8) is 0 Å². The van der Waals surface area contributed by atoms with E-state index in [-0.39, 0.29) is 36.5 Å². The molecule has 26 heavy (non-hydrogen) atoms. The number of carbonyl (C=O) groups excluding carboxylic acids is 1. The Labute approximate surface area is 151 Å². The standard InChI is InChI=1S/C20H21FN2O3/c21-14-1-5-17(6-2-14)25-13-20(24)23-15-3-4-16(23)12-19(11-15)26-18-7-9-22-10-8-18/h1-2,5-10,15-16,19H,3-4,11-13H2. The van der Waals surface area contributed by atoms with E-state index in [1.54, 1.807) is 12.4 Å². The van der Waals surface area contributed by atoms with Crippen molar-refractivity contribution in [3.05, 3.63) is 54.6 Å². The second kappa shape index (κ2) is 7.32. The van der Waals surface area contributed by atoms with Crippen molar-refractivity contribution in [2.24, 2.45) is 0 Å². The van der Waals surface area contributed by atoms with E-state index in [0.717, 1.165) is 31.4 Å². The van der Waals surface area contributed by atoms with E-state index in [2.05, 4.69) is 4.98 Å².